The van der Waals surface area contributed by atoms with Crippen molar-refractivity contribution < 1.29 is 9.67 Å². The van der Waals surface area contributed by atoms with Gasteiger partial charge in [-0.1, -0.05) is 42.5 Å². The summed E-state index contributed by atoms with van der Waals surface area (Å²) in [6.07, 6.45) is 4.22. The molecule has 1 aliphatic rings. The Balaban J connectivity index is 0.00000210. The van der Waals surface area contributed by atoms with E-state index in [1.54, 1.807) is 0 Å². The minimum atomic E-state index is -0.108. The van der Waals surface area contributed by atoms with E-state index in [4.69, 9.17) is 0 Å². The van der Waals surface area contributed by atoms with E-state index in [0.717, 1.165) is 36.2 Å². The Hall–Kier alpha value is -2.59. The molecule has 4 nitrogen and oxygen atoms in total. The summed E-state index contributed by atoms with van der Waals surface area (Å²) in [5.74, 6) is 1.11. The van der Waals surface area contributed by atoms with Gasteiger partial charge in [-0.15, -0.1) is 12.4 Å². The van der Waals surface area contributed by atoms with Crippen LogP contribution in [0.4, 0.5) is 5.69 Å². The maximum absolute atomic E-state index is 12.6. The SMILES string of the molecule is Cc1cccc(N=C([O-])C[n+]2cc(-c3ccccc3)n3c2CCC3)c1C.Cl. The molecular formula is C22H24ClN3O. The molecule has 4 rings (SSSR count). The summed E-state index contributed by atoms with van der Waals surface area (Å²) in [5.41, 5.74) is 5.36. The van der Waals surface area contributed by atoms with Gasteiger partial charge in [0.05, 0.1) is 18.7 Å². The van der Waals surface area contributed by atoms with E-state index < -0.39 is 0 Å². The van der Waals surface area contributed by atoms with Crippen molar-refractivity contribution in [3.63, 3.8) is 0 Å². The molecule has 2 heterocycles. The number of aromatic nitrogens is 2. The van der Waals surface area contributed by atoms with Crippen molar-refractivity contribution in [3.8, 4) is 11.3 Å². The first kappa shape index (κ1) is 19.2. The molecule has 1 aliphatic heterocycles. The first-order valence-corrected chi connectivity index (χ1v) is 9.11. The summed E-state index contributed by atoms with van der Waals surface area (Å²) in [6.45, 7) is 5.35. The number of aliphatic imine (C=N–C) groups is 1. The zero-order valence-corrected chi connectivity index (χ0v) is 16.5. The zero-order valence-electron chi connectivity index (χ0n) is 15.7. The molecule has 0 saturated heterocycles. The van der Waals surface area contributed by atoms with Crippen molar-refractivity contribution in [2.45, 2.75) is 39.8 Å². The van der Waals surface area contributed by atoms with Crippen LogP contribution >= 0.6 is 12.4 Å². The summed E-state index contributed by atoms with van der Waals surface area (Å²) in [4.78, 5) is 4.35. The van der Waals surface area contributed by atoms with Gasteiger partial charge in [-0.3, -0.25) is 4.99 Å². The minimum absolute atomic E-state index is 0. The van der Waals surface area contributed by atoms with Gasteiger partial charge in [-0.25, -0.2) is 9.13 Å². The first-order valence-electron chi connectivity index (χ1n) is 9.11. The van der Waals surface area contributed by atoms with E-state index in [0.29, 0.717) is 0 Å². The number of benzene rings is 2. The molecule has 0 N–H and O–H groups in total. The van der Waals surface area contributed by atoms with Gasteiger partial charge < -0.3 is 5.11 Å². The highest BCUT2D eigenvalue weighted by atomic mass is 35.5. The standard InChI is InChI=1S/C22H23N3O.ClH/c1-16-8-6-11-19(17(16)2)23-21(26)15-24-14-20(18-9-4-3-5-10-18)25-13-7-12-22(24)25;/h3-6,8-11,14H,7,12-13,15H2,1-2H3;1H. The molecule has 3 aromatic rings. The van der Waals surface area contributed by atoms with Crippen LogP contribution in [0.1, 0.15) is 23.4 Å². The van der Waals surface area contributed by atoms with Crippen molar-refractivity contribution in [2.24, 2.45) is 4.99 Å². The molecule has 0 aliphatic carbocycles. The summed E-state index contributed by atoms with van der Waals surface area (Å²) in [7, 11) is 0. The summed E-state index contributed by atoms with van der Waals surface area (Å²) in [6, 6.07) is 16.3. The van der Waals surface area contributed by atoms with Gasteiger partial charge in [-0.05, 0) is 37.5 Å². The molecule has 0 radical (unpaired) electrons. The lowest BCUT2D eigenvalue weighted by Gasteiger charge is -2.11. The van der Waals surface area contributed by atoms with Crippen LogP contribution in [-0.2, 0) is 19.5 Å². The largest absolute Gasteiger partial charge is 0.859 e. The number of fused-ring (bicyclic) bond motifs is 1. The fourth-order valence-corrected chi connectivity index (χ4v) is 3.66. The maximum Gasteiger partial charge on any atom is 0.257 e. The Morgan fingerprint density at radius 2 is 1.89 bits per heavy atom. The van der Waals surface area contributed by atoms with Gasteiger partial charge in [0.25, 0.3) is 5.82 Å². The van der Waals surface area contributed by atoms with Gasteiger partial charge in [-0.2, -0.15) is 0 Å². The van der Waals surface area contributed by atoms with E-state index in [-0.39, 0.29) is 24.8 Å². The molecule has 0 amide bonds. The van der Waals surface area contributed by atoms with Crippen LogP contribution in [-0.4, -0.2) is 10.5 Å². The van der Waals surface area contributed by atoms with Crippen molar-refractivity contribution in [2.75, 3.05) is 0 Å². The summed E-state index contributed by atoms with van der Waals surface area (Å²) in [5, 5.41) is 12.6. The highest BCUT2D eigenvalue weighted by Gasteiger charge is 2.28. The van der Waals surface area contributed by atoms with E-state index in [9.17, 15) is 5.11 Å². The predicted octanol–water partition coefficient (Wildman–Crippen LogP) is 3.52. The highest BCUT2D eigenvalue weighted by Crippen LogP contribution is 2.25. The molecular weight excluding hydrogens is 358 g/mol. The number of hydrogen-bond donors (Lipinski definition) is 0. The second-order valence-electron chi connectivity index (χ2n) is 6.90. The van der Waals surface area contributed by atoms with Crippen molar-refractivity contribution >= 4 is 24.0 Å². The molecule has 0 saturated carbocycles. The predicted molar refractivity (Wildman–Crippen MR) is 109 cm³/mol. The Labute approximate surface area is 166 Å². The third kappa shape index (κ3) is 3.76. The number of rotatable bonds is 4. The van der Waals surface area contributed by atoms with Crippen molar-refractivity contribution in [3.05, 3.63) is 71.7 Å². The monoisotopic (exact) mass is 381 g/mol. The number of imidazole rings is 1. The topological polar surface area (TPSA) is 44.2 Å². The van der Waals surface area contributed by atoms with Crippen LogP contribution < -0.4 is 9.67 Å². The Morgan fingerprint density at radius 3 is 2.67 bits per heavy atom. The van der Waals surface area contributed by atoms with E-state index in [1.807, 2.05) is 38.1 Å². The summed E-state index contributed by atoms with van der Waals surface area (Å²) < 4.78 is 4.41. The average molecular weight is 382 g/mol. The molecule has 140 valence electrons. The van der Waals surface area contributed by atoms with Crippen LogP contribution in [0.2, 0.25) is 0 Å². The third-order valence-corrected chi connectivity index (χ3v) is 5.19. The molecule has 0 unspecified atom stereocenters. The van der Waals surface area contributed by atoms with Crippen LogP contribution in [0.3, 0.4) is 0 Å². The number of aryl methyl sites for hydroxylation is 1. The molecule has 0 spiro atoms. The van der Waals surface area contributed by atoms with Gasteiger partial charge in [0, 0.05) is 11.5 Å². The van der Waals surface area contributed by atoms with E-state index in [2.05, 4.69) is 44.6 Å². The molecule has 2 aromatic carbocycles. The highest BCUT2D eigenvalue weighted by molar-refractivity contribution is 5.85. The molecule has 1 aromatic heterocycles. The fourth-order valence-electron chi connectivity index (χ4n) is 3.66. The van der Waals surface area contributed by atoms with Gasteiger partial charge in [0.1, 0.15) is 12.7 Å². The molecule has 27 heavy (non-hydrogen) atoms. The van der Waals surface area contributed by atoms with Crippen LogP contribution in [0.25, 0.3) is 11.3 Å². The maximum atomic E-state index is 12.6. The lowest BCUT2D eigenvalue weighted by molar-refractivity contribution is -0.693. The Kier molecular flexibility index (Phi) is 5.66. The van der Waals surface area contributed by atoms with Crippen LogP contribution in [0, 0.1) is 13.8 Å². The van der Waals surface area contributed by atoms with Crippen molar-refractivity contribution in [1.29, 1.82) is 0 Å². The fraction of sp³-hybridized carbons (Fsp3) is 0.273. The van der Waals surface area contributed by atoms with Gasteiger partial charge >= 0.3 is 0 Å². The number of nitrogens with zero attached hydrogens (tertiary/aromatic N) is 3. The molecule has 0 atom stereocenters. The van der Waals surface area contributed by atoms with Crippen LogP contribution in [0.15, 0.2) is 59.7 Å². The van der Waals surface area contributed by atoms with Crippen LogP contribution in [0.5, 0.6) is 0 Å². The lowest BCUT2D eigenvalue weighted by Crippen LogP contribution is -2.43. The lowest BCUT2D eigenvalue weighted by atomic mass is 10.1. The average Bonchev–Trinajstić information content (AvgIpc) is 3.24. The zero-order chi connectivity index (χ0) is 18.1. The molecule has 0 bridgehead atoms. The van der Waals surface area contributed by atoms with E-state index in [1.165, 1.54) is 17.1 Å². The minimum Gasteiger partial charge on any atom is -0.859 e. The van der Waals surface area contributed by atoms with E-state index >= 15 is 0 Å². The van der Waals surface area contributed by atoms with Gasteiger partial charge in [0.2, 0.25) is 0 Å². The third-order valence-electron chi connectivity index (χ3n) is 5.19. The number of hydrogen-bond acceptors (Lipinski definition) is 2. The second kappa shape index (κ2) is 7.97. The Bertz CT molecular complexity index is 977. The first-order chi connectivity index (χ1) is 12.6. The quantitative estimate of drug-likeness (QED) is 0.387. The molecule has 5 heteroatoms. The number of halogens is 1. The van der Waals surface area contributed by atoms with Gasteiger partial charge in [0.15, 0.2) is 5.69 Å². The second-order valence-corrected chi connectivity index (χ2v) is 6.90. The molecule has 0 fully saturated rings. The van der Waals surface area contributed by atoms with Crippen molar-refractivity contribution in [1.82, 2.24) is 4.57 Å². The Morgan fingerprint density at radius 1 is 1.11 bits per heavy atom. The summed E-state index contributed by atoms with van der Waals surface area (Å²) >= 11 is 0. The normalized spacial score (nSPS) is 13.3. The smallest absolute Gasteiger partial charge is 0.257 e.